The fourth-order valence-electron chi connectivity index (χ4n) is 1.67. The summed E-state index contributed by atoms with van der Waals surface area (Å²) in [6.45, 7) is 5.39. The van der Waals surface area contributed by atoms with E-state index < -0.39 is 0 Å². The second-order valence-corrected chi connectivity index (χ2v) is 3.60. The molecule has 5 nitrogen and oxygen atoms in total. The average molecular weight is 205 g/mol. The molecule has 2 heterocycles. The topological polar surface area (TPSA) is 54.7 Å². The fourth-order valence-corrected chi connectivity index (χ4v) is 1.67. The number of pyridine rings is 1. The summed E-state index contributed by atoms with van der Waals surface area (Å²) < 4.78 is 1.35. The van der Waals surface area contributed by atoms with E-state index in [1.807, 2.05) is 0 Å². The van der Waals surface area contributed by atoms with Crippen LogP contribution in [0.25, 0.3) is 6.58 Å². The molecule has 0 unspecified atom stereocenters. The van der Waals surface area contributed by atoms with Gasteiger partial charge >= 0.3 is 0 Å². The van der Waals surface area contributed by atoms with E-state index in [1.54, 1.807) is 21.0 Å². The third-order valence-electron chi connectivity index (χ3n) is 2.68. The zero-order valence-electron chi connectivity index (χ0n) is 8.87. The molecular formula is C10H11N3O2. The van der Waals surface area contributed by atoms with Crippen LogP contribution < -0.4 is 16.3 Å². The molecule has 0 saturated heterocycles. The number of amides is 1. The molecule has 78 valence electrons. The molecule has 1 aliphatic rings. The van der Waals surface area contributed by atoms with Crippen molar-refractivity contribution in [2.45, 2.75) is 6.92 Å². The Morgan fingerprint density at radius 3 is 2.47 bits per heavy atom. The lowest BCUT2D eigenvalue weighted by molar-refractivity contribution is 0.0815. The monoisotopic (exact) mass is 205 g/mol. The molecule has 0 aromatic carbocycles. The SMILES string of the molecule is C=c1c(C)c2c(n(C)c1=O)=NN(C)C2=O. The number of aromatic nitrogens is 1. The summed E-state index contributed by atoms with van der Waals surface area (Å²) >= 11 is 0. The fraction of sp³-hybridized carbons (Fsp3) is 0.300. The second-order valence-electron chi connectivity index (χ2n) is 3.60. The van der Waals surface area contributed by atoms with Crippen LogP contribution >= 0.6 is 0 Å². The van der Waals surface area contributed by atoms with E-state index in [9.17, 15) is 9.59 Å². The molecule has 0 bridgehead atoms. The number of fused-ring (bicyclic) bond motifs is 1. The van der Waals surface area contributed by atoms with Crippen LogP contribution in [-0.2, 0) is 7.05 Å². The number of hydrogen-bond acceptors (Lipinski definition) is 3. The van der Waals surface area contributed by atoms with Gasteiger partial charge in [0.25, 0.3) is 11.5 Å². The number of hydrogen-bond donors (Lipinski definition) is 0. The van der Waals surface area contributed by atoms with Crippen LogP contribution in [0, 0.1) is 6.92 Å². The molecule has 0 spiro atoms. The molecule has 1 aliphatic heterocycles. The van der Waals surface area contributed by atoms with Crippen LogP contribution in [-0.4, -0.2) is 22.5 Å². The Kier molecular flexibility index (Phi) is 1.79. The Hall–Kier alpha value is -1.91. The minimum Gasteiger partial charge on any atom is -0.294 e. The largest absolute Gasteiger partial charge is 0.294 e. The van der Waals surface area contributed by atoms with Crippen molar-refractivity contribution in [3.63, 3.8) is 0 Å². The Morgan fingerprint density at radius 1 is 1.27 bits per heavy atom. The summed E-state index contributed by atoms with van der Waals surface area (Å²) in [4.78, 5) is 23.4. The minimum absolute atomic E-state index is 0.192. The summed E-state index contributed by atoms with van der Waals surface area (Å²) in [6, 6.07) is 0. The molecule has 0 saturated carbocycles. The van der Waals surface area contributed by atoms with Crippen molar-refractivity contribution in [2.75, 3.05) is 7.05 Å². The normalized spacial score (nSPS) is 14.1. The van der Waals surface area contributed by atoms with Crippen molar-refractivity contribution in [2.24, 2.45) is 12.1 Å². The van der Waals surface area contributed by atoms with Gasteiger partial charge in [0, 0.05) is 19.3 Å². The first-order valence-corrected chi connectivity index (χ1v) is 4.50. The third-order valence-corrected chi connectivity index (χ3v) is 2.68. The molecule has 15 heavy (non-hydrogen) atoms. The van der Waals surface area contributed by atoms with Crippen molar-refractivity contribution < 1.29 is 4.79 Å². The van der Waals surface area contributed by atoms with Gasteiger partial charge in [-0.3, -0.25) is 14.2 Å². The van der Waals surface area contributed by atoms with Crippen LogP contribution in [0.15, 0.2) is 9.90 Å². The van der Waals surface area contributed by atoms with E-state index in [1.165, 1.54) is 9.58 Å². The van der Waals surface area contributed by atoms with Gasteiger partial charge in [-0.05, 0) is 12.5 Å². The molecule has 1 aromatic rings. The lowest BCUT2D eigenvalue weighted by Crippen LogP contribution is -2.44. The van der Waals surface area contributed by atoms with E-state index >= 15 is 0 Å². The van der Waals surface area contributed by atoms with Gasteiger partial charge in [-0.1, -0.05) is 6.58 Å². The van der Waals surface area contributed by atoms with Gasteiger partial charge in [0.15, 0.2) is 5.49 Å². The maximum atomic E-state index is 11.7. The Morgan fingerprint density at radius 2 is 1.87 bits per heavy atom. The Balaban J connectivity index is 3.07. The van der Waals surface area contributed by atoms with E-state index in [0.717, 1.165) is 0 Å². The van der Waals surface area contributed by atoms with Crippen LogP contribution in [0.2, 0.25) is 0 Å². The predicted octanol–water partition coefficient (Wildman–Crippen LogP) is -1.28. The van der Waals surface area contributed by atoms with Crippen molar-refractivity contribution >= 4 is 12.5 Å². The number of carbonyl (C=O) groups excluding carboxylic acids is 1. The van der Waals surface area contributed by atoms with Gasteiger partial charge in [0.05, 0.1) is 5.56 Å². The van der Waals surface area contributed by atoms with Crippen LogP contribution in [0.1, 0.15) is 15.9 Å². The van der Waals surface area contributed by atoms with E-state index in [0.29, 0.717) is 21.8 Å². The highest BCUT2D eigenvalue weighted by Gasteiger charge is 2.25. The molecule has 0 fully saturated rings. The number of rotatable bonds is 0. The number of carbonyl (C=O) groups is 1. The molecule has 0 atom stereocenters. The van der Waals surface area contributed by atoms with E-state index in [-0.39, 0.29) is 11.5 Å². The standard InChI is InChI=1S/C10H11N3O2/c1-5-6(2)9(14)12(3)8-7(5)10(15)13(4)11-8/h2H2,1,3-4H3. The van der Waals surface area contributed by atoms with Crippen molar-refractivity contribution in [3.05, 3.63) is 32.2 Å². The maximum Gasteiger partial charge on any atom is 0.277 e. The van der Waals surface area contributed by atoms with Crippen LogP contribution in [0.5, 0.6) is 0 Å². The molecule has 0 radical (unpaired) electrons. The molecule has 5 heteroatoms. The summed E-state index contributed by atoms with van der Waals surface area (Å²) in [5.74, 6) is -0.192. The molecular weight excluding hydrogens is 194 g/mol. The highest BCUT2D eigenvalue weighted by molar-refractivity contribution is 5.96. The number of nitrogens with zero attached hydrogens (tertiary/aromatic N) is 3. The van der Waals surface area contributed by atoms with Crippen LogP contribution in [0.3, 0.4) is 0 Å². The van der Waals surface area contributed by atoms with Crippen molar-refractivity contribution in [1.29, 1.82) is 0 Å². The zero-order valence-corrected chi connectivity index (χ0v) is 8.87. The highest BCUT2D eigenvalue weighted by atomic mass is 16.2. The minimum atomic E-state index is -0.210. The molecule has 0 N–H and O–H groups in total. The summed E-state index contributed by atoms with van der Waals surface area (Å²) in [6.07, 6.45) is 0. The summed E-state index contributed by atoms with van der Waals surface area (Å²) in [5, 5.41) is 5.60. The first-order valence-electron chi connectivity index (χ1n) is 4.50. The van der Waals surface area contributed by atoms with Gasteiger partial charge in [0.1, 0.15) is 0 Å². The summed E-state index contributed by atoms with van der Waals surface area (Å²) in [7, 11) is 3.15. The van der Waals surface area contributed by atoms with Gasteiger partial charge < -0.3 is 0 Å². The van der Waals surface area contributed by atoms with Gasteiger partial charge in [-0.2, -0.15) is 5.10 Å². The smallest absolute Gasteiger partial charge is 0.277 e. The average Bonchev–Trinajstić information content (AvgIpc) is 2.50. The Bertz CT molecular complexity index is 628. The molecule has 1 amide bonds. The predicted molar refractivity (Wildman–Crippen MR) is 54.8 cm³/mol. The second kappa shape index (κ2) is 2.79. The van der Waals surface area contributed by atoms with Crippen LogP contribution in [0.4, 0.5) is 0 Å². The lowest BCUT2D eigenvalue weighted by atomic mass is 10.1. The molecule has 2 rings (SSSR count). The molecule has 0 aliphatic carbocycles. The van der Waals surface area contributed by atoms with Crippen molar-refractivity contribution in [1.82, 2.24) is 9.58 Å². The molecule has 1 aromatic heterocycles. The maximum absolute atomic E-state index is 11.7. The van der Waals surface area contributed by atoms with Gasteiger partial charge in [-0.25, -0.2) is 5.01 Å². The third kappa shape index (κ3) is 1.06. The first kappa shape index (κ1) is 9.64. The van der Waals surface area contributed by atoms with E-state index in [4.69, 9.17) is 0 Å². The van der Waals surface area contributed by atoms with Crippen molar-refractivity contribution in [3.8, 4) is 0 Å². The highest BCUT2D eigenvalue weighted by Crippen LogP contribution is 2.05. The first-order chi connectivity index (χ1) is 6.95. The zero-order chi connectivity index (χ0) is 11.3. The Labute approximate surface area is 85.9 Å². The quantitative estimate of drug-likeness (QED) is 0.530. The van der Waals surface area contributed by atoms with Gasteiger partial charge in [0.2, 0.25) is 0 Å². The van der Waals surface area contributed by atoms with E-state index in [2.05, 4.69) is 11.7 Å². The lowest BCUT2D eigenvalue weighted by Gasteiger charge is -2.04. The summed E-state index contributed by atoms with van der Waals surface area (Å²) in [5.41, 5.74) is 1.30. The van der Waals surface area contributed by atoms with Gasteiger partial charge in [-0.15, -0.1) is 0 Å².